The number of hydrogen-bond acceptors (Lipinski definition) is 1. The Bertz CT molecular complexity index is 676. The van der Waals surface area contributed by atoms with Gasteiger partial charge in [-0.15, -0.1) is 0 Å². The maximum atomic E-state index is 4.45. The van der Waals surface area contributed by atoms with E-state index in [1.807, 2.05) is 54.3 Å². The number of nitrogens with zero attached hydrogens (tertiary/aromatic N) is 2. The standard InChI is InChI=1S/C17H15N2/c1-19-17(15-10-6-3-7-11-15)12-16(13-18-19)14-8-4-2-5-9-14/h2-13H,1H3/q+1. The minimum atomic E-state index is 1.11. The Morgan fingerprint density at radius 2 is 1.32 bits per heavy atom. The quantitative estimate of drug-likeness (QED) is 0.635. The largest absolute Gasteiger partial charge is 0.239 e. The molecule has 0 atom stereocenters. The summed E-state index contributed by atoms with van der Waals surface area (Å²) in [5.74, 6) is 0. The summed E-state index contributed by atoms with van der Waals surface area (Å²) in [4.78, 5) is 0. The highest BCUT2D eigenvalue weighted by molar-refractivity contribution is 5.67. The Morgan fingerprint density at radius 1 is 0.737 bits per heavy atom. The highest BCUT2D eigenvalue weighted by Gasteiger charge is 2.12. The third kappa shape index (κ3) is 2.38. The molecule has 1 heterocycles. The van der Waals surface area contributed by atoms with E-state index in [0.717, 1.165) is 11.3 Å². The van der Waals surface area contributed by atoms with Crippen molar-refractivity contribution in [3.63, 3.8) is 0 Å². The molecule has 0 radical (unpaired) electrons. The number of benzene rings is 2. The van der Waals surface area contributed by atoms with Crippen LogP contribution in [0.4, 0.5) is 0 Å². The van der Waals surface area contributed by atoms with Crippen LogP contribution in [0.1, 0.15) is 0 Å². The second-order valence-electron chi connectivity index (χ2n) is 4.49. The molecular weight excluding hydrogens is 232 g/mol. The third-order valence-electron chi connectivity index (χ3n) is 3.19. The van der Waals surface area contributed by atoms with Crippen LogP contribution in [0.2, 0.25) is 0 Å². The van der Waals surface area contributed by atoms with Crippen LogP contribution < -0.4 is 4.68 Å². The minimum absolute atomic E-state index is 1.11. The number of rotatable bonds is 2. The minimum Gasteiger partial charge on any atom is -0.0865 e. The molecule has 2 nitrogen and oxygen atoms in total. The van der Waals surface area contributed by atoms with Gasteiger partial charge in [-0.1, -0.05) is 53.2 Å². The van der Waals surface area contributed by atoms with Crippen molar-refractivity contribution in [2.75, 3.05) is 0 Å². The molecule has 0 saturated heterocycles. The Morgan fingerprint density at radius 3 is 1.95 bits per heavy atom. The SMILES string of the molecule is C[n+]1ncc(-c2ccccc2)cc1-c1ccccc1. The topological polar surface area (TPSA) is 16.8 Å². The second kappa shape index (κ2) is 5.02. The van der Waals surface area contributed by atoms with Crippen molar-refractivity contribution in [1.82, 2.24) is 5.10 Å². The number of hydrogen-bond donors (Lipinski definition) is 0. The zero-order chi connectivity index (χ0) is 13.1. The van der Waals surface area contributed by atoms with Crippen molar-refractivity contribution in [2.24, 2.45) is 7.05 Å². The van der Waals surface area contributed by atoms with E-state index in [9.17, 15) is 0 Å². The van der Waals surface area contributed by atoms with Crippen molar-refractivity contribution in [3.05, 3.63) is 72.9 Å². The normalized spacial score (nSPS) is 10.4. The van der Waals surface area contributed by atoms with Crippen LogP contribution >= 0.6 is 0 Å². The highest BCUT2D eigenvalue weighted by Crippen LogP contribution is 2.22. The van der Waals surface area contributed by atoms with E-state index in [-0.39, 0.29) is 0 Å². The Balaban J connectivity index is 2.12. The van der Waals surface area contributed by atoms with Crippen LogP contribution in [0.3, 0.4) is 0 Å². The van der Waals surface area contributed by atoms with Gasteiger partial charge in [0.15, 0.2) is 7.05 Å². The molecule has 3 aromatic rings. The van der Waals surface area contributed by atoms with Crippen molar-refractivity contribution in [2.45, 2.75) is 0 Å². The second-order valence-corrected chi connectivity index (χ2v) is 4.49. The molecule has 0 aliphatic rings. The van der Waals surface area contributed by atoms with E-state index in [4.69, 9.17) is 0 Å². The van der Waals surface area contributed by atoms with Crippen LogP contribution in [0.5, 0.6) is 0 Å². The lowest BCUT2D eigenvalue weighted by Crippen LogP contribution is -2.35. The monoisotopic (exact) mass is 247 g/mol. The molecule has 1 aromatic heterocycles. The molecule has 2 aromatic carbocycles. The Kier molecular flexibility index (Phi) is 3.07. The molecule has 19 heavy (non-hydrogen) atoms. The number of aryl methyl sites for hydroxylation is 1. The summed E-state index contributed by atoms with van der Waals surface area (Å²) in [6.07, 6.45) is 1.90. The summed E-state index contributed by atoms with van der Waals surface area (Å²) in [5.41, 5.74) is 4.61. The summed E-state index contributed by atoms with van der Waals surface area (Å²) in [7, 11) is 1.97. The molecule has 0 fully saturated rings. The Labute approximate surface area is 113 Å². The maximum absolute atomic E-state index is 4.45. The van der Waals surface area contributed by atoms with Crippen LogP contribution in [-0.4, -0.2) is 5.10 Å². The maximum Gasteiger partial charge on any atom is 0.239 e. The third-order valence-corrected chi connectivity index (χ3v) is 3.19. The first-order chi connectivity index (χ1) is 9.34. The van der Waals surface area contributed by atoms with Gasteiger partial charge >= 0.3 is 0 Å². The summed E-state index contributed by atoms with van der Waals surface area (Å²) >= 11 is 0. The summed E-state index contributed by atoms with van der Waals surface area (Å²) < 4.78 is 1.90. The zero-order valence-electron chi connectivity index (χ0n) is 10.8. The van der Waals surface area contributed by atoms with E-state index >= 15 is 0 Å². The molecule has 0 bridgehead atoms. The van der Waals surface area contributed by atoms with E-state index < -0.39 is 0 Å². The van der Waals surface area contributed by atoms with Crippen molar-refractivity contribution in [1.29, 1.82) is 0 Å². The molecule has 0 amide bonds. The predicted octanol–water partition coefficient (Wildman–Crippen LogP) is 3.24. The Hall–Kier alpha value is -2.48. The van der Waals surface area contributed by atoms with Crippen molar-refractivity contribution < 1.29 is 4.68 Å². The summed E-state index contributed by atoms with van der Waals surface area (Å²) in [6, 6.07) is 22.8. The van der Waals surface area contributed by atoms with Gasteiger partial charge in [-0.25, -0.2) is 0 Å². The van der Waals surface area contributed by atoms with Crippen molar-refractivity contribution >= 4 is 0 Å². The molecule has 0 spiro atoms. The average Bonchev–Trinajstić information content (AvgIpc) is 2.49. The lowest BCUT2D eigenvalue weighted by Gasteiger charge is -2.03. The molecule has 0 N–H and O–H groups in total. The van der Waals surface area contributed by atoms with Gasteiger partial charge in [0.05, 0.1) is 0 Å². The van der Waals surface area contributed by atoms with Crippen molar-refractivity contribution in [3.8, 4) is 22.4 Å². The molecule has 0 aliphatic carbocycles. The first kappa shape index (κ1) is 11.6. The van der Waals surface area contributed by atoms with Gasteiger partial charge in [0.2, 0.25) is 5.69 Å². The molecule has 3 rings (SSSR count). The first-order valence-electron chi connectivity index (χ1n) is 6.32. The van der Waals surface area contributed by atoms with E-state index in [2.05, 4.69) is 35.4 Å². The smallest absolute Gasteiger partial charge is 0.0865 e. The lowest BCUT2D eigenvalue weighted by molar-refractivity contribution is -0.720. The van der Waals surface area contributed by atoms with Gasteiger partial charge < -0.3 is 0 Å². The van der Waals surface area contributed by atoms with Gasteiger partial charge in [0.25, 0.3) is 0 Å². The molecule has 0 aliphatic heterocycles. The van der Waals surface area contributed by atoms with E-state index in [1.54, 1.807) is 0 Å². The molecule has 2 heteroatoms. The highest BCUT2D eigenvalue weighted by atomic mass is 15.2. The van der Waals surface area contributed by atoms with Gasteiger partial charge in [0.1, 0.15) is 6.20 Å². The van der Waals surface area contributed by atoms with Crippen LogP contribution in [-0.2, 0) is 7.05 Å². The van der Waals surface area contributed by atoms with Crippen LogP contribution in [0.15, 0.2) is 72.9 Å². The molecular formula is C17H15N2+. The fourth-order valence-electron chi connectivity index (χ4n) is 2.16. The fraction of sp³-hybridized carbons (Fsp3) is 0.0588. The van der Waals surface area contributed by atoms with Gasteiger partial charge in [-0.05, 0) is 22.8 Å². The summed E-state index contributed by atoms with van der Waals surface area (Å²) in [6.45, 7) is 0. The zero-order valence-corrected chi connectivity index (χ0v) is 10.8. The van der Waals surface area contributed by atoms with Gasteiger partial charge in [-0.3, -0.25) is 0 Å². The van der Waals surface area contributed by atoms with Crippen LogP contribution in [0.25, 0.3) is 22.4 Å². The lowest BCUT2D eigenvalue weighted by atomic mass is 10.1. The molecule has 92 valence electrons. The van der Waals surface area contributed by atoms with Crippen LogP contribution in [0, 0.1) is 0 Å². The molecule has 0 unspecified atom stereocenters. The first-order valence-corrected chi connectivity index (χ1v) is 6.32. The van der Waals surface area contributed by atoms with E-state index in [1.165, 1.54) is 11.1 Å². The number of aromatic nitrogens is 2. The predicted molar refractivity (Wildman–Crippen MR) is 76.3 cm³/mol. The fourth-order valence-corrected chi connectivity index (χ4v) is 2.16. The van der Waals surface area contributed by atoms with Gasteiger partial charge in [0, 0.05) is 17.2 Å². The average molecular weight is 247 g/mol. The summed E-state index contributed by atoms with van der Waals surface area (Å²) in [5, 5.41) is 4.45. The molecule has 0 saturated carbocycles. The van der Waals surface area contributed by atoms with Gasteiger partial charge in [-0.2, -0.15) is 0 Å². The van der Waals surface area contributed by atoms with E-state index in [0.29, 0.717) is 0 Å².